The topological polar surface area (TPSA) is 41.6 Å². The number of ether oxygens (including phenoxy) is 1. The van der Waals surface area contributed by atoms with E-state index in [9.17, 15) is 4.79 Å². The van der Waals surface area contributed by atoms with Crippen LogP contribution in [0.15, 0.2) is 54.6 Å². The number of hydrogen-bond donors (Lipinski definition) is 1. The third-order valence-corrected chi connectivity index (χ3v) is 7.52. The van der Waals surface area contributed by atoms with Gasteiger partial charge in [0.2, 0.25) is 5.91 Å². The molecule has 30 heavy (non-hydrogen) atoms. The van der Waals surface area contributed by atoms with Gasteiger partial charge in [0.25, 0.3) is 0 Å². The summed E-state index contributed by atoms with van der Waals surface area (Å²) in [7, 11) is 0. The van der Waals surface area contributed by atoms with Crippen molar-refractivity contribution >= 4 is 5.91 Å². The van der Waals surface area contributed by atoms with Crippen LogP contribution in [0.5, 0.6) is 0 Å². The van der Waals surface area contributed by atoms with Gasteiger partial charge in [-0.25, -0.2) is 0 Å². The highest BCUT2D eigenvalue weighted by atomic mass is 16.5. The van der Waals surface area contributed by atoms with Gasteiger partial charge < -0.3 is 15.0 Å². The van der Waals surface area contributed by atoms with Gasteiger partial charge in [-0.15, -0.1) is 0 Å². The monoisotopic (exact) mass is 404 g/mol. The number of amides is 1. The zero-order chi connectivity index (χ0) is 20.6. The van der Waals surface area contributed by atoms with E-state index in [-0.39, 0.29) is 17.4 Å². The Balaban J connectivity index is 1.51. The number of nitrogens with one attached hydrogen (secondary N) is 1. The molecule has 4 atom stereocenters. The Morgan fingerprint density at radius 1 is 1.13 bits per heavy atom. The minimum Gasteiger partial charge on any atom is -0.380 e. The maximum absolute atomic E-state index is 14.1. The molecule has 0 bridgehead atoms. The number of piperidine rings is 1. The number of nitrogens with zero attached hydrogens (tertiary/aromatic N) is 1. The summed E-state index contributed by atoms with van der Waals surface area (Å²) < 4.78 is 6.10. The minimum atomic E-state index is -0.269. The van der Waals surface area contributed by atoms with E-state index in [0.717, 1.165) is 45.5 Å². The summed E-state index contributed by atoms with van der Waals surface area (Å²) in [6, 6.07) is 19.4. The smallest absolute Gasteiger partial charge is 0.228 e. The maximum Gasteiger partial charge on any atom is 0.228 e. The molecule has 2 aromatic rings. The maximum atomic E-state index is 14.1. The lowest BCUT2D eigenvalue weighted by molar-refractivity contribution is -0.142. The van der Waals surface area contributed by atoms with Crippen LogP contribution in [0.1, 0.15) is 42.5 Å². The van der Waals surface area contributed by atoms with Crippen molar-refractivity contribution in [3.8, 4) is 0 Å². The third-order valence-electron chi connectivity index (χ3n) is 7.52. The van der Waals surface area contributed by atoms with Gasteiger partial charge in [0, 0.05) is 25.0 Å². The predicted octanol–water partition coefficient (Wildman–Crippen LogP) is 3.72. The van der Waals surface area contributed by atoms with Gasteiger partial charge in [-0.3, -0.25) is 4.79 Å². The zero-order valence-electron chi connectivity index (χ0n) is 17.8. The van der Waals surface area contributed by atoms with Crippen molar-refractivity contribution in [2.24, 2.45) is 11.8 Å². The summed E-state index contributed by atoms with van der Waals surface area (Å²) in [6.45, 7) is 6.03. The summed E-state index contributed by atoms with van der Waals surface area (Å²) in [6.07, 6.45) is 3.04. The fourth-order valence-corrected chi connectivity index (χ4v) is 5.85. The van der Waals surface area contributed by atoms with Crippen molar-refractivity contribution in [1.82, 2.24) is 10.2 Å². The molecule has 3 aliphatic heterocycles. The van der Waals surface area contributed by atoms with Crippen LogP contribution >= 0.6 is 0 Å². The number of hydrogen-bond acceptors (Lipinski definition) is 3. The molecule has 1 amide bonds. The fraction of sp³-hybridized carbons (Fsp3) is 0.500. The van der Waals surface area contributed by atoms with E-state index in [0.29, 0.717) is 18.4 Å². The first-order chi connectivity index (χ1) is 14.7. The van der Waals surface area contributed by atoms with Gasteiger partial charge in [0.1, 0.15) is 0 Å². The average molecular weight is 405 g/mol. The van der Waals surface area contributed by atoms with E-state index in [2.05, 4.69) is 71.7 Å². The number of benzene rings is 2. The van der Waals surface area contributed by atoms with Crippen molar-refractivity contribution in [2.75, 3.05) is 32.8 Å². The van der Waals surface area contributed by atoms with Crippen LogP contribution in [0.25, 0.3) is 0 Å². The van der Waals surface area contributed by atoms with Crippen LogP contribution in [-0.4, -0.2) is 43.7 Å². The molecule has 3 aliphatic rings. The molecule has 0 saturated carbocycles. The SMILES string of the molecule is C[C@@H]1CCN(C(=O)[C@@H]2CNCC23COCCc2ccccc23)[C@H](c2ccccc2)C1. The molecule has 2 saturated heterocycles. The van der Waals surface area contributed by atoms with Crippen molar-refractivity contribution in [2.45, 2.75) is 37.6 Å². The van der Waals surface area contributed by atoms with Crippen molar-refractivity contribution in [3.05, 3.63) is 71.3 Å². The van der Waals surface area contributed by atoms with Crippen LogP contribution in [-0.2, 0) is 21.4 Å². The molecule has 2 fully saturated rings. The second kappa shape index (κ2) is 8.16. The zero-order valence-corrected chi connectivity index (χ0v) is 17.8. The lowest BCUT2D eigenvalue weighted by Crippen LogP contribution is -2.51. The number of carbonyl (C=O) groups excluding carboxylic acids is 1. The van der Waals surface area contributed by atoms with E-state index in [4.69, 9.17) is 4.74 Å². The molecule has 5 rings (SSSR count). The van der Waals surface area contributed by atoms with Gasteiger partial charge in [-0.05, 0) is 41.9 Å². The van der Waals surface area contributed by atoms with Crippen molar-refractivity contribution in [1.29, 1.82) is 0 Å². The highest BCUT2D eigenvalue weighted by Gasteiger charge is 2.52. The first kappa shape index (κ1) is 19.8. The van der Waals surface area contributed by atoms with E-state index in [1.165, 1.54) is 16.7 Å². The number of rotatable bonds is 2. The van der Waals surface area contributed by atoms with Crippen molar-refractivity contribution in [3.63, 3.8) is 0 Å². The average Bonchev–Trinajstić information content (AvgIpc) is 3.12. The van der Waals surface area contributed by atoms with E-state index < -0.39 is 0 Å². The highest BCUT2D eigenvalue weighted by Crippen LogP contribution is 2.43. The molecule has 0 radical (unpaired) electrons. The standard InChI is InChI=1S/C26H32N2O2/c1-19-11-13-28(24(15-19)21-8-3-2-4-9-21)25(29)23-16-27-17-26(23)18-30-14-12-20-7-5-6-10-22(20)26/h2-10,19,23-24,27H,11-18H2,1H3/t19-,23+,24+,26?/m1/s1. The van der Waals surface area contributed by atoms with E-state index in [1.807, 2.05) is 0 Å². The number of carbonyl (C=O) groups is 1. The second-order valence-corrected chi connectivity index (χ2v) is 9.39. The molecule has 0 aliphatic carbocycles. The molecule has 1 spiro atoms. The van der Waals surface area contributed by atoms with E-state index >= 15 is 0 Å². The summed E-state index contributed by atoms with van der Waals surface area (Å²) in [5.41, 5.74) is 3.64. The highest BCUT2D eigenvalue weighted by molar-refractivity contribution is 5.82. The Hall–Kier alpha value is -2.17. The first-order valence-corrected chi connectivity index (χ1v) is 11.4. The van der Waals surface area contributed by atoms with Crippen LogP contribution in [0, 0.1) is 11.8 Å². The second-order valence-electron chi connectivity index (χ2n) is 9.39. The van der Waals surface area contributed by atoms with Gasteiger partial charge in [0.15, 0.2) is 0 Å². The largest absolute Gasteiger partial charge is 0.380 e. The minimum absolute atomic E-state index is 0.0867. The molecule has 4 heteroatoms. The molecule has 158 valence electrons. The van der Waals surface area contributed by atoms with Crippen LogP contribution in [0.2, 0.25) is 0 Å². The summed E-state index contributed by atoms with van der Waals surface area (Å²) in [5.74, 6) is 0.842. The van der Waals surface area contributed by atoms with Gasteiger partial charge in [-0.2, -0.15) is 0 Å². The van der Waals surface area contributed by atoms with Crippen LogP contribution < -0.4 is 5.32 Å². The Labute approximate surface area is 179 Å². The van der Waals surface area contributed by atoms with Crippen LogP contribution in [0.3, 0.4) is 0 Å². The molecule has 1 N–H and O–H groups in total. The normalized spacial score (nSPS) is 31.4. The molecule has 4 nitrogen and oxygen atoms in total. The van der Waals surface area contributed by atoms with Gasteiger partial charge in [0.05, 0.1) is 25.2 Å². The first-order valence-electron chi connectivity index (χ1n) is 11.4. The Kier molecular flexibility index (Phi) is 5.38. The predicted molar refractivity (Wildman–Crippen MR) is 118 cm³/mol. The van der Waals surface area contributed by atoms with Crippen LogP contribution in [0.4, 0.5) is 0 Å². The number of likely N-dealkylation sites (tertiary alicyclic amines) is 1. The lowest BCUT2D eigenvalue weighted by atomic mass is 9.70. The fourth-order valence-electron chi connectivity index (χ4n) is 5.85. The lowest BCUT2D eigenvalue weighted by Gasteiger charge is -2.43. The van der Waals surface area contributed by atoms with E-state index in [1.54, 1.807) is 0 Å². The summed E-state index contributed by atoms with van der Waals surface area (Å²) in [4.78, 5) is 16.3. The Bertz CT molecular complexity index is 899. The summed E-state index contributed by atoms with van der Waals surface area (Å²) >= 11 is 0. The Morgan fingerprint density at radius 2 is 1.93 bits per heavy atom. The number of fused-ring (bicyclic) bond motifs is 2. The molecule has 1 unspecified atom stereocenters. The van der Waals surface area contributed by atoms with Gasteiger partial charge >= 0.3 is 0 Å². The van der Waals surface area contributed by atoms with Crippen molar-refractivity contribution < 1.29 is 9.53 Å². The third kappa shape index (κ3) is 3.36. The molecular weight excluding hydrogens is 372 g/mol. The molecule has 2 aromatic carbocycles. The summed E-state index contributed by atoms with van der Waals surface area (Å²) in [5, 5.41) is 3.56. The van der Waals surface area contributed by atoms with Gasteiger partial charge in [-0.1, -0.05) is 61.5 Å². The molecular formula is C26H32N2O2. The Morgan fingerprint density at radius 3 is 2.80 bits per heavy atom. The quantitative estimate of drug-likeness (QED) is 0.830. The molecule has 3 heterocycles. The molecule has 0 aromatic heterocycles.